The summed E-state index contributed by atoms with van der Waals surface area (Å²) >= 11 is 2.16. The van der Waals surface area contributed by atoms with Crippen molar-refractivity contribution in [3.63, 3.8) is 0 Å². The van der Waals surface area contributed by atoms with Crippen molar-refractivity contribution in [1.29, 1.82) is 0 Å². The van der Waals surface area contributed by atoms with Crippen LogP contribution in [-0.4, -0.2) is 33.9 Å². The molecule has 14 heavy (non-hydrogen) atoms. The third-order valence-electron chi connectivity index (χ3n) is 1.86. The largest absolute Gasteiger partial charge is 0.394 e. The quantitative estimate of drug-likeness (QED) is 0.721. The number of aliphatic hydroxyl groups excluding tert-OH is 2. The molecule has 0 bridgehead atoms. The molecule has 1 aromatic heterocycles. The zero-order valence-electron chi connectivity index (χ0n) is 7.87. The van der Waals surface area contributed by atoms with Crippen molar-refractivity contribution in [2.45, 2.75) is 12.5 Å². The highest BCUT2D eigenvalue weighted by Gasteiger charge is 2.21. The van der Waals surface area contributed by atoms with E-state index >= 15 is 0 Å². The van der Waals surface area contributed by atoms with Crippen LogP contribution in [0.1, 0.15) is 6.92 Å². The molecule has 1 aromatic rings. The molecular weight excluding hydrogens is 295 g/mol. The maximum atomic E-state index is 9.05. The van der Waals surface area contributed by atoms with Gasteiger partial charge >= 0.3 is 0 Å². The Morgan fingerprint density at radius 2 is 2.07 bits per heavy atom. The molecule has 0 amide bonds. The van der Waals surface area contributed by atoms with E-state index in [0.717, 1.165) is 3.57 Å². The summed E-state index contributed by atoms with van der Waals surface area (Å²) < 4.78 is 1.04. The fraction of sp³-hybridized carbons (Fsp3) is 0.444. The van der Waals surface area contributed by atoms with Crippen molar-refractivity contribution in [2.75, 3.05) is 18.5 Å². The molecule has 5 heteroatoms. The average molecular weight is 308 g/mol. The van der Waals surface area contributed by atoms with Gasteiger partial charge in [0.05, 0.1) is 18.8 Å². The van der Waals surface area contributed by atoms with E-state index in [1.54, 1.807) is 13.1 Å². The molecule has 0 unspecified atom stereocenters. The number of hydrogen-bond acceptors (Lipinski definition) is 4. The van der Waals surface area contributed by atoms with Crippen molar-refractivity contribution >= 4 is 28.4 Å². The minimum atomic E-state index is -0.722. The van der Waals surface area contributed by atoms with E-state index < -0.39 is 5.54 Å². The molecule has 78 valence electrons. The van der Waals surface area contributed by atoms with E-state index in [2.05, 4.69) is 32.9 Å². The van der Waals surface area contributed by atoms with Crippen LogP contribution >= 0.6 is 22.6 Å². The second kappa shape index (κ2) is 4.90. The van der Waals surface area contributed by atoms with Crippen LogP contribution in [0.5, 0.6) is 0 Å². The molecule has 0 saturated carbocycles. The minimum absolute atomic E-state index is 0.142. The number of aromatic nitrogens is 1. The highest BCUT2D eigenvalue weighted by Crippen LogP contribution is 2.13. The fourth-order valence-corrected chi connectivity index (χ4v) is 1.21. The van der Waals surface area contributed by atoms with E-state index in [0.29, 0.717) is 5.82 Å². The van der Waals surface area contributed by atoms with Crippen LogP contribution in [0, 0.1) is 3.57 Å². The highest BCUT2D eigenvalue weighted by molar-refractivity contribution is 14.1. The maximum Gasteiger partial charge on any atom is 0.126 e. The van der Waals surface area contributed by atoms with Gasteiger partial charge in [0.25, 0.3) is 0 Å². The van der Waals surface area contributed by atoms with Crippen LogP contribution in [0.4, 0.5) is 5.82 Å². The zero-order valence-corrected chi connectivity index (χ0v) is 10.0. The molecule has 4 nitrogen and oxygen atoms in total. The van der Waals surface area contributed by atoms with E-state index in [4.69, 9.17) is 10.2 Å². The van der Waals surface area contributed by atoms with E-state index in [1.807, 2.05) is 12.1 Å². The second-order valence-corrected chi connectivity index (χ2v) is 4.61. The lowest BCUT2D eigenvalue weighted by molar-refractivity contribution is 0.147. The first-order valence-electron chi connectivity index (χ1n) is 4.21. The number of pyridine rings is 1. The minimum Gasteiger partial charge on any atom is -0.394 e. The number of anilines is 1. The van der Waals surface area contributed by atoms with Gasteiger partial charge in [-0.2, -0.15) is 0 Å². The molecule has 0 spiro atoms. The molecule has 3 N–H and O–H groups in total. The first-order chi connectivity index (χ1) is 6.59. The van der Waals surface area contributed by atoms with Gasteiger partial charge in [0, 0.05) is 9.77 Å². The number of nitrogens with one attached hydrogen (secondary N) is 1. The highest BCUT2D eigenvalue weighted by atomic mass is 127. The van der Waals surface area contributed by atoms with Gasteiger partial charge in [0.15, 0.2) is 0 Å². The standard InChI is InChI=1S/C9H13IN2O2/c1-9(5-13,6-14)12-8-3-2-7(10)4-11-8/h2-4,13-14H,5-6H2,1H3,(H,11,12). The summed E-state index contributed by atoms with van der Waals surface area (Å²) in [6.45, 7) is 1.45. The Hall–Kier alpha value is -0.400. The maximum absolute atomic E-state index is 9.05. The van der Waals surface area contributed by atoms with E-state index in [1.165, 1.54) is 0 Å². The lowest BCUT2D eigenvalue weighted by Crippen LogP contribution is -2.42. The monoisotopic (exact) mass is 308 g/mol. The summed E-state index contributed by atoms with van der Waals surface area (Å²) in [6, 6.07) is 3.72. The number of nitrogens with zero attached hydrogens (tertiary/aromatic N) is 1. The number of aliphatic hydroxyl groups is 2. The Kier molecular flexibility index (Phi) is 4.09. The summed E-state index contributed by atoms with van der Waals surface area (Å²) in [4.78, 5) is 4.12. The lowest BCUT2D eigenvalue weighted by atomic mass is 10.1. The van der Waals surface area contributed by atoms with Gasteiger partial charge < -0.3 is 15.5 Å². The molecule has 0 aromatic carbocycles. The second-order valence-electron chi connectivity index (χ2n) is 3.36. The van der Waals surface area contributed by atoms with E-state index in [-0.39, 0.29) is 13.2 Å². The van der Waals surface area contributed by atoms with Gasteiger partial charge in [-0.1, -0.05) is 0 Å². The topological polar surface area (TPSA) is 65.4 Å². The Morgan fingerprint density at radius 1 is 1.43 bits per heavy atom. The Labute approximate surface area is 96.5 Å². The summed E-state index contributed by atoms with van der Waals surface area (Å²) in [5.41, 5.74) is -0.722. The first kappa shape index (κ1) is 11.7. The van der Waals surface area contributed by atoms with Gasteiger partial charge in [-0.05, 0) is 41.6 Å². The average Bonchev–Trinajstić information content (AvgIpc) is 2.21. The molecule has 0 saturated heterocycles. The molecule has 0 aliphatic carbocycles. The molecule has 1 rings (SSSR count). The van der Waals surface area contributed by atoms with Gasteiger partial charge in [-0.3, -0.25) is 0 Å². The van der Waals surface area contributed by atoms with Crippen LogP contribution < -0.4 is 5.32 Å². The van der Waals surface area contributed by atoms with Crippen LogP contribution in [0.2, 0.25) is 0 Å². The van der Waals surface area contributed by atoms with Crippen molar-refractivity contribution < 1.29 is 10.2 Å². The SMILES string of the molecule is CC(CO)(CO)Nc1ccc(I)cn1. The van der Waals surface area contributed by atoms with Crippen molar-refractivity contribution in [1.82, 2.24) is 4.98 Å². The summed E-state index contributed by atoms with van der Waals surface area (Å²) in [5, 5.41) is 21.1. The van der Waals surface area contributed by atoms with Crippen LogP contribution in [0.25, 0.3) is 0 Å². The molecular formula is C9H13IN2O2. The zero-order chi connectivity index (χ0) is 10.6. The first-order valence-corrected chi connectivity index (χ1v) is 5.29. The molecule has 0 fully saturated rings. The molecule has 0 radical (unpaired) electrons. The Balaban J connectivity index is 2.72. The van der Waals surface area contributed by atoms with Crippen LogP contribution in [-0.2, 0) is 0 Å². The van der Waals surface area contributed by atoms with Crippen molar-refractivity contribution in [3.8, 4) is 0 Å². The fourth-order valence-electron chi connectivity index (χ4n) is 0.888. The predicted molar refractivity (Wildman–Crippen MR) is 63.2 cm³/mol. The predicted octanol–water partition coefficient (Wildman–Crippen LogP) is 0.841. The number of hydrogen-bond donors (Lipinski definition) is 3. The Morgan fingerprint density at radius 3 is 2.50 bits per heavy atom. The summed E-state index contributed by atoms with van der Waals surface area (Å²) in [7, 11) is 0. The van der Waals surface area contributed by atoms with Gasteiger partial charge in [-0.15, -0.1) is 0 Å². The molecule has 0 atom stereocenters. The molecule has 1 heterocycles. The Bertz CT molecular complexity index is 285. The van der Waals surface area contributed by atoms with Crippen molar-refractivity contribution in [3.05, 3.63) is 21.9 Å². The smallest absolute Gasteiger partial charge is 0.126 e. The van der Waals surface area contributed by atoms with Crippen LogP contribution in [0.15, 0.2) is 18.3 Å². The molecule has 0 aliphatic heterocycles. The normalized spacial score (nSPS) is 11.4. The number of halogens is 1. The summed E-state index contributed by atoms with van der Waals surface area (Å²) in [5.74, 6) is 0.649. The third kappa shape index (κ3) is 3.07. The summed E-state index contributed by atoms with van der Waals surface area (Å²) in [6.07, 6.45) is 1.72. The van der Waals surface area contributed by atoms with Crippen molar-refractivity contribution in [2.24, 2.45) is 0 Å². The van der Waals surface area contributed by atoms with Gasteiger partial charge in [-0.25, -0.2) is 4.98 Å². The molecule has 0 aliphatic rings. The van der Waals surface area contributed by atoms with E-state index in [9.17, 15) is 0 Å². The lowest BCUT2D eigenvalue weighted by Gasteiger charge is -2.26. The van der Waals surface area contributed by atoms with Gasteiger partial charge in [0.1, 0.15) is 5.82 Å². The van der Waals surface area contributed by atoms with Gasteiger partial charge in [0.2, 0.25) is 0 Å². The third-order valence-corrected chi connectivity index (χ3v) is 2.49. The van der Waals surface area contributed by atoms with Crippen LogP contribution in [0.3, 0.4) is 0 Å². The number of rotatable bonds is 4.